The standard InChI is InChI=1S/C29H22N2S4/c1-5-14-24(20(10-1)28-30-22-12-3-7-16-26(22)34-28)32-18-9-19-33-25-15-6-2-11-21(25)29-31-23-13-4-8-17-27(23)35-29/h1-8,10-17H,9,18-19H2. The number of rotatable bonds is 8. The molecule has 6 aromatic rings. The van der Waals surface area contributed by atoms with Crippen molar-refractivity contribution in [2.24, 2.45) is 0 Å². The average Bonchev–Trinajstić information content (AvgIpc) is 3.53. The lowest BCUT2D eigenvalue weighted by atomic mass is 10.2. The van der Waals surface area contributed by atoms with Gasteiger partial charge < -0.3 is 0 Å². The highest BCUT2D eigenvalue weighted by Crippen LogP contribution is 2.38. The Kier molecular flexibility index (Phi) is 6.87. The molecule has 172 valence electrons. The molecule has 0 atom stereocenters. The minimum Gasteiger partial charge on any atom is -0.236 e. The van der Waals surface area contributed by atoms with Gasteiger partial charge in [-0.3, -0.25) is 0 Å². The zero-order chi connectivity index (χ0) is 23.5. The highest BCUT2D eigenvalue weighted by Gasteiger charge is 2.12. The van der Waals surface area contributed by atoms with Crippen molar-refractivity contribution in [3.8, 4) is 21.1 Å². The van der Waals surface area contributed by atoms with Gasteiger partial charge in [0.05, 0.1) is 20.4 Å². The Labute approximate surface area is 221 Å². The highest BCUT2D eigenvalue weighted by atomic mass is 32.2. The first-order chi connectivity index (χ1) is 17.3. The number of thiazole rings is 2. The predicted octanol–water partition coefficient (Wildman–Crippen LogP) is 9.51. The number of fused-ring (bicyclic) bond motifs is 2. The SMILES string of the molecule is c1ccc(-c2nc3ccccc3s2)c(SCCCSc2ccccc2-c2nc3ccccc3s2)c1. The van der Waals surface area contributed by atoms with Gasteiger partial charge in [0.2, 0.25) is 0 Å². The highest BCUT2D eigenvalue weighted by molar-refractivity contribution is 8.00. The van der Waals surface area contributed by atoms with Gasteiger partial charge in [0.1, 0.15) is 10.0 Å². The number of thioether (sulfide) groups is 2. The molecule has 2 aromatic heterocycles. The molecule has 0 aliphatic heterocycles. The van der Waals surface area contributed by atoms with Crippen LogP contribution >= 0.6 is 46.2 Å². The van der Waals surface area contributed by atoms with E-state index in [0.717, 1.165) is 39.0 Å². The van der Waals surface area contributed by atoms with Crippen molar-refractivity contribution in [3.63, 3.8) is 0 Å². The molecule has 0 spiro atoms. The monoisotopic (exact) mass is 526 g/mol. The normalized spacial score (nSPS) is 11.4. The molecule has 6 rings (SSSR count). The lowest BCUT2D eigenvalue weighted by Gasteiger charge is -2.08. The van der Waals surface area contributed by atoms with Crippen LogP contribution in [-0.4, -0.2) is 21.5 Å². The Morgan fingerprint density at radius 3 is 1.43 bits per heavy atom. The second kappa shape index (κ2) is 10.5. The largest absolute Gasteiger partial charge is 0.236 e. The van der Waals surface area contributed by atoms with Crippen LogP contribution in [0.1, 0.15) is 6.42 Å². The first kappa shape index (κ1) is 22.8. The van der Waals surface area contributed by atoms with Crippen LogP contribution in [0.4, 0.5) is 0 Å². The minimum atomic E-state index is 1.08. The molecule has 0 bridgehead atoms. The fourth-order valence-corrected chi connectivity index (χ4v) is 8.27. The summed E-state index contributed by atoms with van der Waals surface area (Å²) in [6, 6.07) is 34.1. The van der Waals surface area contributed by atoms with E-state index in [1.54, 1.807) is 22.7 Å². The van der Waals surface area contributed by atoms with E-state index in [2.05, 4.69) is 97.1 Å². The summed E-state index contributed by atoms with van der Waals surface area (Å²) in [6.07, 6.45) is 1.14. The Hall–Kier alpha value is -2.64. The molecular weight excluding hydrogens is 505 g/mol. The van der Waals surface area contributed by atoms with Gasteiger partial charge in [0, 0.05) is 20.9 Å². The number of hydrogen-bond acceptors (Lipinski definition) is 6. The molecule has 4 aromatic carbocycles. The van der Waals surface area contributed by atoms with Gasteiger partial charge in [-0.25, -0.2) is 9.97 Å². The van der Waals surface area contributed by atoms with E-state index < -0.39 is 0 Å². The third kappa shape index (κ3) is 5.02. The molecule has 2 heterocycles. The van der Waals surface area contributed by atoms with Crippen molar-refractivity contribution in [3.05, 3.63) is 97.1 Å². The van der Waals surface area contributed by atoms with E-state index in [9.17, 15) is 0 Å². The first-order valence-corrected chi connectivity index (χ1v) is 15.1. The molecule has 0 aliphatic rings. The molecule has 0 unspecified atom stereocenters. The Bertz CT molecular complexity index is 1420. The van der Waals surface area contributed by atoms with Crippen LogP contribution in [0, 0.1) is 0 Å². The molecule has 35 heavy (non-hydrogen) atoms. The smallest absolute Gasteiger partial charge is 0.125 e. The van der Waals surface area contributed by atoms with Crippen molar-refractivity contribution >= 4 is 66.6 Å². The summed E-state index contributed by atoms with van der Waals surface area (Å²) in [7, 11) is 0. The maximum atomic E-state index is 4.88. The summed E-state index contributed by atoms with van der Waals surface area (Å²) in [5, 5.41) is 2.21. The van der Waals surface area contributed by atoms with Gasteiger partial charge >= 0.3 is 0 Å². The van der Waals surface area contributed by atoms with Crippen LogP contribution in [0.15, 0.2) is 107 Å². The van der Waals surface area contributed by atoms with Crippen LogP contribution in [0.2, 0.25) is 0 Å². The van der Waals surface area contributed by atoms with Gasteiger partial charge in [-0.15, -0.1) is 46.2 Å². The van der Waals surface area contributed by atoms with Crippen LogP contribution in [-0.2, 0) is 0 Å². The van der Waals surface area contributed by atoms with Crippen molar-refractivity contribution in [1.29, 1.82) is 0 Å². The summed E-state index contributed by atoms with van der Waals surface area (Å²) in [5.74, 6) is 2.16. The molecule has 0 saturated carbocycles. The fourth-order valence-electron chi connectivity index (χ4n) is 3.94. The lowest BCUT2D eigenvalue weighted by Crippen LogP contribution is -1.88. The van der Waals surface area contributed by atoms with E-state index in [1.165, 1.54) is 30.3 Å². The average molecular weight is 527 g/mol. The fraction of sp³-hybridized carbons (Fsp3) is 0.103. The van der Waals surface area contributed by atoms with E-state index in [-0.39, 0.29) is 0 Å². The molecular formula is C29H22N2S4. The van der Waals surface area contributed by atoms with Crippen LogP contribution in [0.25, 0.3) is 41.6 Å². The molecule has 0 amide bonds. The molecule has 0 radical (unpaired) electrons. The van der Waals surface area contributed by atoms with Gasteiger partial charge in [0.25, 0.3) is 0 Å². The van der Waals surface area contributed by atoms with Gasteiger partial charge in [0.15, 0.2) is 0 Å². The topological polar surface area (TPSA) is 25.8 Å². The Balaban J connectivity index is 1.11. The number of para-hydroxylation sites is 2. The van der Waals surface area contributed by atoms with E-state index in [0.29, 0.717) is 0 Å². The minimum absolute atomic E-state index is 1.08. The van der Waals surface area contributed by atoms with E-state index in [1.807, 2.05) is 23.5 Å². The quantitative estimate of drug-likeness (QED) is 0.146. The van der Waals surface area contributed by atoms with Crippen molar-refractivity contribution in [1.82, 2.24) is 9.97 Å². The lowest BCUT2D eigenvalue weighted by molar-refractivity contribution is 1.12. The van der Waals surface area contributed by atoms with Crippen LogP contribution in [0.5, 0.6) is 0 Å². The van der Waals surface area contributed by atoms with Crippen molar-refractivity contribution < 1.29 is 0 Å². The molecule has 0 fully saturated rings. The van der Waals surface area contributed by atoms with Gasteiger partial charge in [-0.05, 0) is 54.3 Å². The second-order valence-electron chi connectivity index (χ2n) is 8.02. The molecule has 0 N–H and O–H groups in total. The summed E-state index contributed by atoms with van der Waals surface area (Å²) in [5.41, 5.74) is 4.64. The Morgan fingerprint density at radius 2 is 0.943 bits per heavy atom. The first-order valence-electron chi connectivity index (χ1n) is 11.5. The summed E-state index contributed by atoms with van der Waals surface area (Å²) >= 11 is 7.41. The van der Waals surface area contributed by atoms with Gasteiger partial charge in [-0.1, -0.05) is 60.7 Å². The summed E-state index contributed by atoms with van der Waals surface area (Å²) in [6.45, 7) is 0. The van der Waals surface area contributed by atoms with E-state index >= 15 is 0 Å². The maximum Gasteiger partial charge on any atom is 0.125 e. The zero-order valence-electron chi connectivity index (χ0n) is 18.9. The number of nitrogens with zero attached hydrogens (tertiary/aromatic N) is 2. The molecule has 2 nitrogen and oxygen atoms in total. The molecule has 0 aliphatic carbocycles. The summed E-state index contributed by atoms with van der Waals surface area (Å²) < 4.78 is 2.48. The Morgan fingerprint density at radius 1 is 0.514 bits per heavy atom. The molecule has 0 saturated heterocycles. The van der Waals surface area contributed by atoms with Gasteiger partial charge in [-0.2, -0.15) is 0 Å². The number of aromatic nitrogens is 2. The van der Waals surface area contributed by atoms with Crippen LogP contribution < -0.4 is 0 Å². The predicted molar refractivity (Wildman–Crippen MR) is 156 cm³/mol. The van der Waals surface area contributed by atoms with E-state index in [4.69, 9.17) is 9.97 Å². The maximum absolute atomic E-state index is 4.88. The van der Waals surface area contributed by atoms with Crippen molar-refractivity contribution in [2.75, 3.05) is 11.5 Å². The second-order valence-corrected chi connectivity index (χ2v) is 12.4. The third-order valence-corrected chi connectivity index (χ3v) is 10.1. The van der Waals surface area contributed by atoms with Crippen molar-refractivity contribution in [2.45, 2.75) is 16.2 Å². The number of benzene rings is 4. The third-order valence-electron chi connectivity index (χ3n) is 5.63. The zero-order valence-corrected chi connectivity index (χ0v) is 22.2. The number of hydrogen-bond donors (Lipinski definition) is 0. The van der Waals surface area contributed by atoms with Crippen LogP contribution in [0.3, 0.4) is 0 Å². The molecule has 6 heteroatoms. The summed E-state index contributed by atoms with van der Waals surface area (Å²) in [4.78, 5) is 12.4.